The van der Waals surface area contributed by atoms with Crippen LogP contribution in [0.4, 0.5) is 4.39 Å². The molecular formula is C26H26FNO3. The number of methoxy groups -OCH3 is 2. The van der Waals surface area contributed by atoms with Gasteiger partial charge >= 0.3 is 0 Å². The summed E-state index contributed by atoms with van der Waals surface area (Å²) in [6.07, 6.45) is 1.83. The summed E-state index contributed by atoms with van der Waals surface area (Å²) in [7, 11) is 3.21. The number of carbonyl (C=O) groups is 1. The Balaban J connectivity index is 1.69. The lowest BCUT2D eigenvalue weighted by Crippen LogP contribution is -2.40. The minimum atomic E-state index is -0.299. The van der Waals surface area contributed by atoms with Gasteiger partial charge in [0, 0.05) is 13.0 Å². The highest BCUT2D eigenvalue weighted by Gasteiger charge is 2.33. The third kappa shape index (κ3) is 4.41. The van der Waals surface area contributed by atoms with Crippen molar-refractivity contribution in [2.24, 2.45) is 0 Å². The SMILES string of the molecule is COc1cc2c(cc1OC)[C@@H](c1ccc(F)cc1)N(C(=O)CCc1ccccc1)CC2. The molecule has 5 heteroatoms. The average molecular weight is 419 g/mol. The Morgan fingerprint density at radius 1 is 1.00 bits per heavy atom. The van der Waals surface area contributed by atoms with E-state index in [2.05, 4.69) is 0 Å². The number of carbonyl (C=O) groups excluding carboxylic acids is 1. The number of fused-ring (bicyclic) bond motifs is 1. The van der Waals surface area contributed by atoms with Crippen molar-refractivity contribution in [1.29, 1.82) is 0 Å². The maximum absolute atomic E-state index is 13.6. The third-order valence-corrected chi connectivity index (χ3v) is 5.85. The van der Waals surface area contributed by atoms with Crippen molar-refractivity contribution in [3.8, 4) is 11.5 Å². The molecule has 1 heterocycles. The fourth-order valence-corrected chi connectivity index (χ4v) is 4.26. The summed E-state index contributed by atoms with van der Waals surface area (Å²) in [6.45, 7) is 0.595. The van der Waals surface area contributed by atoms with E-state index in [0.29, 0.717) is 30.9 Å². The second-order valence-electron chi connectivity index (χ2n) is 7.68. The average Bonchev–Trinajstić information content (AvgIpc) is 2.82. The topological polar surface area (TPSA) is 38.8 Å². The molecule has 4 nitrogen and oxygen atoms in total. The Labute approximate surface area is 182 Å². The number of nitrogens with zero attached hydrogens (tertiary/aromatic N) is 1. The van der Waals surface area contributed by atoms with Gasteiger partial charge in [-0.05, 0) is 59.4 Å². The normalized spacial score (nSPS) is 15.3. The number of amides is 1. The Bertz CT molecular complexity index is 1050. The van der Waals surface area contributed by atoms with Gasteiger partial charge in [0.15, 0.2) is 11.5 Å². The first-order valence-electron chi connectivity index (χ1n) is 10.4. The largest absolute Gasteiger partial charge is 0.493 e. The number of halogens is 1. The number of benzene rings is 3. The second kappa shape index (κ2) is 9.21. The molecule has 3 aromatic rings. The fourth-order valence-electron chi connectivity index (χ4n) is 4.26. The van der Waals surface area contributed by atoms with Crippen molar-refractivity contribution >= 4 is 5.91 Å². The first kappa shape index (κ1) is 20.9. The molecule has 1 amide bonds. The summed E-state index contributed by atoms with van der Waals surface area (Å²) < 4.78 is 24.6. The maximum Gasteiger partial charge on any atom is 0.223 e. The summed E-state index contributed by atoms with van der Waals surface area (Å²) in [5, 5.41) is 0. The highest BCUT2D eigenvalue weighted by Crippen LogP contribution is 2.41. The number of hydrogen-bond donors (Lipinski definition) is 0. The summed E-state index contributed by atoms with van der Waals surface area (Å²) in [6, 6.07) is 20.0. The van der Waals surface area contributed by atoms with E-state index in [1.165, 1.54) is 12.1 Å². The molecule has 0 spiro atoms. The first-order valence-corrected chi connectivity index (χ1v) is 10.4. The van der Waals surface area contributed by atoms with Gasteiger partial charge in [-0.15, -0.1) is 0 Å². The van der Waals surface area contributed by atoms with Crippen molar-refractivity contribution < 1.29 is 18.7 Å². The van der Waals surface area contributed by atoms with Crippen molar-refractivity contribution in [3.05, 3.63) is 94.8 Å². The lowest BCUT2D eigenvalue weighted by molar-refractivity contribution is -0.133. The molecule has 0 aliphatic carbocycles. The second-order valence-corrected chi connectivity index (χ2v) is 7.68. The van der Waals surface area contributed by atoms with Gasteiger partial charge in [0.2, 0.25) is 5.91 Å². The highest BCUT2D eigenvalue weighted by atomic mass is 19.1. The predicted molar refractivity (Wildman–Crippen MR) is 118 cm³/mol. The molecule has 0 N–H and O–H groups in total. The zero-order valence-electron chi connectivity index (χ0n) is 17.8. The van der Waals surface area contributed by atoms with Crippen LogP contribution in [0.1, 0.15) is 34.7 Å². The van der Waals surface area contributed by atoms with Crippen LogP contribution in [-0.2, 0) is 17.6 Å². The van der Waals surface area contributed by atoms with Gasteiger partial charge < -0.3 is 14.4 Å². The standard InChI is InChI=1S/C26H26FNO3/c1-30-23-16-20-14-15-28(25(29)13-8-18-6-4-3-5-7-18)26(22(20)17-24(23)31-2)19-9-11-21(27)12-10-19/h3-7,9-12,16-17,26H,8,13-15H2,1-2H3/t26-/m1/s1. The molecule has 1 atom stereocenters. The highest BCUT2D eigenvalue weighted by molar-refractivity contribution is 5.78. The van der Waals surface area contributed by atoms with Gasteiger partial charge in [0.25, 0.3) is 0 Å². The van der Waals surface area contributed by atoms with E-state index in [0.717, 1.165) is 28.7 Å². The Morgan fingerprint density at radius 3 is 2.35 bits per heavy atom. The van der Waals surface area contributed by atoms with E-state index < -0.39 is 0 Å². The Hall–Kier alpha value is -3.34. The van der Waals surface area contributed by atoms with Crippen LogP contribution in [0.2, 0.25) is 0 Å². The molecule has 3 aromatic carbocycles. The van der Waals surface area contributed by atoms with E-state index in [1.54, 1.807) is 26.4 Å². The molecule has 0 bridgehead atoms. The number of aryl methyl sites for hydroxylation is 1. The summed E-state index contributed by atoms with van der Waals surface area (Å²) >= 11 is 0. The summed E-state index contributed by atoms with van der Waals surface area (Å²) in [4.78, 5) is 15.2. The zero-order chi connectivity index (χ0) is 21.8. The van der Waals surface area contributed by atoms with Crippen molar-refractivity contribution in [3.63, 3.8) is 0 Å². The predicted octanol–water partition coefficient (Wildman–Crippen LogP) is 4.95. The number of ether oxygens (including phenoxy) is 2. The maximum atomic E-state index is 13.6. The van der Waals surface area contributed by atoms with Crippen LogP contribution < -0.4 is 9.47 Å². The van der Waals surface area contributed by atoms with E-state index in [-0.39, 0.29) is 17.8 Å². The van der Waals surface area contributed by atoms with Crippen LogP contribution in [-0.4, -0.2) is 31.6 Å². The number of hydrogen-bond acceptors (Lipinski definition) is 3. The minimum absolute atomic E-state index is 0.0820. The van der Waals surface area contributed by atoms with Gasteiger partial charge in [-0.25, -0.2) is 4.39 Å². The minimum Gasteiger partial charge on any atom is -0.493 e. The molecule has 0 aromatic heterocycles. The van der Waals surface area contributed by atoms with Crippen LogP contribution in [0.5, 0.6) is 11.5 Å². The molecule has 1 aliphatic rings. The van der Waals surface area contributed by atoms with Gasteiger partial charge in [0.1, 0.15) is 5.82 Å². The van der Waals surface area contributed by atoms with Gasteiger partial charge in [-0.3, -0.25) is 4.79 Å². The van der Waals surface area contributed by atoms with Gasteiger partial charge in [-0.1, -0.05) is 42.5 Å². The van der Waals surface area contributed by atoms with Crippen LogP contribution >= 0.6 is 0 Å². The van der Waals surface area contributed by atoms with Crippen molar-refractivity contribution in [1.82, 2.24) is 4.90 Å². The fraction of sp³-hybridized carbons (Fsp3) is 0.269. The molecule has 0 fully saturated rings. The Morgan fingerprint density at radius 2 is 1.68 bits per heavy atom. The van der Waals surface area contributed by atoms with Gasteiger partial charge in [-0.2, -0.15) is 0 Å². The molecule has 4 rings (SSSR count). The molecule has 0 radical (unpaired) electrons. The molecular weight excluding hydrogens is 393 g/mol. The summed E-state index contributed by atoms with van der Waals surface area (Å²) in [5.41, 5.74) is 4.11. The number of rotatable bonds is 6. The molecule has 0 saturated heterocycles. The van der Waals surface area contributed by atoms with E-state index in [9.17, 15) is 9.18 Å². The van der Waals surface area contributed by atoms with Crippen molar-refractivity contribution in [2.45, 2.75) is 25.3 Å². The van der Waals surface area contributed by atoms with E-state index in [1.807, 2.05) is 47.4 Å². The quantitative estimate of drug-likeness (QED) is 0.568. The molecule has 0 unspecified atom stereocenters. The van der Waals surface area contributed by atoms with Crippen LogP contribution in [0.3, 0.4) is 0 Å². The molecule has 1 aliphatic heterocycles. The molecule has 31 heavy (non-hydrogen) atoms. The molecule has 0 saturated carbocycles. The first-order chi connectivity index (χ1) is 15.1. The third-order valence-electron chi connectivity index (χ3n) is 5.85. The monoisotopic (exact) mass is 419 g/mol. The van der Waals surface area contributed by atoms with Gasteiger partial charge in [0.05, 0.1) is 20.3 Å². The molecule has 160 valence electrons. The van der Waals surface area contributed by atoms with E-state index >= 15 is 0 Å². The van der Waals surface area contributed by atoms with Crippen LogP contribution in [0, 0.1) is 5.82 Å². The van der Waals surface area contributed by atoms with Crippen LogP contribution in [0.15, 0.2) is 66.7 Å². The summed E-state index contributed by atoms with van der Waals surface area (Å²) in [5.74, 6) is 1.07. The van der Waals surface area contributed by atoms with Crippen LogP contribution in [0.25, 0.3) is 0 Å². The smallest absolute Gasteiger partial charge is 0.223 e. The Kier molecular flexibility index (Phi) is 6.21. The van der Waals surface area contributed by atoms with Crippen molar-refractivity contribution in [2.75, 3.05) is 20.8 Å². The lowest BCUT2D eigenvalue weighted by Gasteiger charge is -2.38. The van der Waals surface area contributed by atoms with E-state index in [4.69, 9.17) is 9.47 Å². The zero-order valence-corrected chi connectivity index (χ0v) is 17.8. The lowest BCUT2D eigenvalue weighted by atomic mass is 9.87.